The van der Waals surface area contributed by atoms with E-state index < -0.39 is 0 Å². The standard InChI is InChI=1S/C20H29N3O3.HI/c1-21-20(23-11-9-15(10-12-23)19(25)26-2)22-13-17-16-6-4-3-5-14(16)7-8-18(17)24;/h7-8,15,24H,3-6,9-13H2,1-2H3,(H,21,22);1H. The Morgan fingerprint density at radius 3 is 2.67 bits per heavy atom. The predicted molar refractivity (Wildman–Crippen MR) is 117 cm³/mol. The number of aryl methyl sites for hydroxylation is 1. The smallest absolute Gasteiger partial charge is 0.308 e. The first kappa shape index (κ1) is 21.8. The molecule has 1 saturated heterocycles. The van der Waals surface area contributed by atoms with Crippen LogP contribution in [0.5, 0.6) is 5.75 Å². The lowest BCUT2D eigenvalue weighted by Crippen LogP contribution is -2.46. The van der Waals surface area contributed by atoms with Gasteiger partial charge in [0.25, 0.3) is 0 Å². The second-order valence-corrected chi connectivity index (χ2v) is 7.09. The van der Waals surface area contributed by atoms with Crippen LogP contribution in [0.2, 0.25) is 0 Å². The molecule has 2 N–H and O–H groups in total. The van der Waals surface area contributed by atoms with Crippen LogP contribution in [0.25, 0.3) is 0 Å². The van der Waals surface area contributed by atoms with E-state index in [-0.39, 0.29) is 35.9 Å². The van der Waals surface area contributed by atoms with Crippen LogP contribution < -0.4 is 5.32 Å². The Hall–Kier alpha value is -1.51. The van der Waals surface area contributed by atoms with Crippen molar-refractivity contribution in [2.45, 2.75) is 45.1 Å². The molecule has 0 amide bonds. The van der Waals surface area contributed by atoms with Crippen LogP contribution in [0.1, 0.15) is 42.4 Å². The summed E-state index contributed by atoms with van der Waals surface area (Å²) < 4.78 is 4.85. The van der Waals surface area contributed by atoms with Gasteiger partial charge < -0.3 is 20.1 Å². The lowest BCUT2D eigenvalue weighted by atomic mass is 9.88. The minimum absolute atomic E-state index is 0. The average molecular weight is 487 g/mol. The summed E-state index contributed by atoms with van der Waals surface area (Å²) in [4.78, 5) is 18.2. The number of carbonyl (C=O) groups excluding carboxylic acids is 1. The fourth-order valence-corrected chi connectivity index (χ4v) is 4.08. The van der Waals surface area contributed by atoms with Crippen molar-refractivity contribution in [2.24, 2.45) is 10.9 Å². The number of aliphatic imine (C=N–C) groups is 1. The van der Waals surface area contributed by atoms with Crippen LogP contribution in [-0.4, -0.2) is 49.2 Å². The van der Waals surface area contributed by atoms with E-state index in [0.717, 1.165) is 50.3 Å². The second-order valence-electron chi connectivity index (χ2n) is 7.09. The molecule has 6 nitrogen and oxygen atoms in total. The lowest BCUT2D eigenvalue weighted by molar-refractivity contribution is -0.146. The van der Waals surface area contributed by atoms with Gasteiger partial charge >= 0.3 is 5.97 Å². The molecule has 0 aromatic heterocycles. The maximum atomic E-state index is 11.7. The first-order valence-electron chi connectivity index (χ1n) is 9.50. The molecule has 7 heteroatoms. The number of guanidine groups is 1. The summed E-state index contributed by atoms with van der Waals surface area (Å²) in [6, 6.07) is 3.87. The molecule has 1 aromatic rings. The lowest BCUT2D eigenvalue weighted by Gasteiger charge is -2.33. The maximum absolute atomic E-state index is 11.7. The third kappa shape index (κ3) is 5.06. The highest BCUT2D eigenvalue weighted by Crippen LogP contribution is 2.30. The third-order valence-corrected chi connectivity index (χ3v) is 5.59. The van der Waals surface area contributed by atoms with E-state index in [2.05, 4.69) is 21.3 Å². The topological polar surface area (TPSA) is 74.2 Å². The maximum Gasteiger partial charge on any atom is 0.308 e. The number of nitrogens with one attached hydrogen (secondary N) is 1. The van der Waals surface area contributed by atoms with Gasteiger partial charge in [0.2, 0.25) is 0 Å². The zero-order valence-corrected chi connectivity index (χ0v) is 18.5. The Bertz CT molecular complexity index is 685. The number of carbonyl (C=O) groups is 1. The molecule has 27 heavy (non-hydrogen) atoms. The number of fused-ring (bicyclic) bond motifs is 1. The van der Waals surface area contributed by atoms with Crippen molar-refractivity contribution in [3.8, 4) is 5.75 Å². The van der Waals surface area contributed by atoms with E-state index in [1.807, 2.05) is 6.07 Å². The van der Waals surface area contributed by atoms with Gasteiger partial charge in [-0.1, -0.05) is 6.07 Å². The predicted octanol–water partition coefficient (Wildman–Crippen LogP) is 2.85. The number of esters is 1. The van der Waals surface area contributed by atoms with Gasteiger partial charge in [0, 0.05) is 32.2 Å². The van der Waals surface area contributed by atoms with Crippen molar-refractivity contribution in [2.75, 3.05) is 27.2 Å². The number of rotatable bonds is 3. The highest BCUT2D eigenvalue weighted by atomic mass is 127. The van der Waals surface area contributed by atoms with Crippen LogP contribution in [0.15, 0.2) is 17.1 Å². The fourth-order valence-electron chi connectivity index (χ4n) is 4.08. The number of phenols is 1. The molecule has 0 saturated carbocycles. The van der Waals surface area contributed by atoms with E-state index in [9.17, 15) is 9.90 Å². The largest absolute Gasteiger partial charge is 0.508 e. The SMILES string of the molecule is CN=C(NCc1c(O)ccc2c1CCCC2)N1CCC(C(=O)OC)CC1.I. The number of methoxy groups -OCH3 is 1. The van der Waals surface area contributed by atoms with Gasteiger partial charge in [-0.25, -0.2) is 0 Å². The number of phenolic OH excluding ortho intramolecular Hbond substituents is 1. The molecule has 0 spiro atoms. The summed E-state index contributed by atoms with van der Waals surface area (Å²) in [6.45, 7) is 2.12. The number of hydrogen-bond donors (Lipinski definition) is 2. The summed E-state index contributed by atoms with van der Waals surface area (Å²) in [6.07, 6.45) is 6.08. The van der Waals surface area contributed by atoms with Crippen LogP contribution >= 0.6 is 24.0 Å². The van der Waals surface area contributed by atoms with Gasteiger partial charge in [0.15, 0.2) is 5.96 Å². The van der Waals surface area contributed by atoms with E-state index in [1.54, 1.807) is 7.05 Å². The molecule has 0 bridgehead atoms. The van der Waals surface area contributed by atoms with E-state index in [0.29, 0.717) is 12.3 Å². The average Bonchev–Trinajstić information content (AvgIpc) is 2.69. The Morgan fingerprint density at radius 2 is 2.00 bits per heavy atom. The number of ether oxygens (including phenoxy) is 1. The minimum Gasteiger partial charge on any atom is -0.508 e. The first-order chi connectivity index (χ1) is 12.6. The van der Waals surface area contributed by atoms with Crippen molar-refractivity contribution in [3.05, 3.63) is 28.8 Å². The van der Waals surface area contributed by atoms with Gasteiger partial charge in [-0.05, 0) is 55.7 Å². The molecular formula is C20H30IN3O3. The van der Waals surface area contributed by atoms with E-state index in [1.165, 1.54) is 31.1 Å². The molecule has 2 aliphatic rings. The van der Waals surface area contributed by atoms with Crippen molar-refractivity contribution >= 4 is 35.9 Å². The molecular weight excluding hydrogens is 457 g/mol. The van der Waals surface area contributed by atoms with Gasteiger partial charge in [0.1, 0.15) is 5.75 Å². The number of halogens is 1. The summed E-state index contributed by atoms with van der Waals surface area (Å²) in [5.74, 6) is 1.05. The molecule has 0 radical (unpaired) electrons. The van der Waals surface area contributed by atoms with Crippen LogP contribution in [0.4, 0.5) is 0 Å². The monoisotopic (exact) mass is 487 g/mol. The normalized spacial score (nSPS) is 17.7. The molecule has 150 valence electrons. The molecule has 3 rings (SSSR count). The van der Waals surface area contributed by atoms with Crippen molar-refractivity contribution in [1.82, 2.24) is 10.2 Å². The first-order valence-corrected chi connectivity index (χ1v) is 9.50. The van der Waals surface area contributed by atoms with Crippen molar-refractivity contribution in [3.63, 3.8) is 0 Å². The van der Waals surface area contributed by atoms with Gasteiger partial charge in [-0.3, -0.25) is 9.79 Å². The summed E-state index contributed by atoms with van der Waals surface area (Å²) in [5.41, 5.74) is 3.65. The zero-order chi connectivity index (χ0) is 18.5. The number of hydrogen-bond acceptors (Lipinski definition) is 4. The molecule has 1 fully saturated rings. The third-order valence-electron chi connectivity index (χ3n) is 5.59. The molecule has 1 aromatic carbocycles. The highest BCUT2D eigenvalue weighted by Gasteiger charge is 2.27. The Balaban J connectivity index is 0.00000261. The van der Waals surface area contributed by atoms with Gasteiger partial charge in [0.05, 0.1) is 13.0 Å². The number of likely N-dealkylation sites (tertiary alicyclic amines) is 1. The van der Waals surface area contributed by atoms with E-state index in [4.69, 9.17) is 4.74 Å². The number of aromatic hydroxyl groups is 1. The zero-order valence-electron chi connectivity index (χ0n) is 16.2. The minimum atomic E-state index is -0.117. The fraction of sp³-hybridized carbons (Fsp3) is 0.600. The van der Waals surface area contributed by atoms with Gasteiger partial charge in [-0.15, -0.1) is 24.0 Å². The van der Waals surface area contributed by atoms with Crippen LogP contribution in [0, 0.1) is 5.92 Å². The second kappa shape index (κ2) is 10.1. The molecule has 0 atom stereocenters. The molecule has 1 aliphatic carbocycles. The van der Waals surface area contributed by atoms with Gasteiger partial charge in [-0.2, -0.15) is 0 Å². The number of piperidine rings is 1. The van der Waals surface area contributed by atoms with Crippen LogP contribution in [-0.2, 0) is 28.9 Å². The van der Waals surface area contributed by atoms with Crippen LogP contribution in [0.3, 0.4) is 0 Å². The number of nitrogens with zero attached hydrogens (tertiary/aromatic N) is 2. The molecule has 1 aliphatic heterocycles. The summed E-state index contributed by atoms with van der Waals surface area (Å²) in [7, 11) is 3.22. The summed E-state index contributed by atoms with van der Waals surface area (Å²) >= 11 is 0. The Kier molecular flexibility index (Phi) is 8.19. The molecule has 0 unspecified atom stereocenters. The number of benzene rings is 1. The Morgan fingerprint density at radius 1 is 1.30 bits per heavy atom. The van der Waals surface area contributed by atoms with Crippen molar-refractivity contribution < 1.29 is 14.6 Å². The molecule has 1 heterocycles. The quantitative estimate of drug-likeness (QED) is 0.297. The highest BCUT2D eigenvalue weighted by molar-refractivity contribution is 14.0. The summed E-state index contributed by atoms with van der Waals surface area (Å²) in [5, 5.41) is 13.7. The van der Waals surface area contributed by atoms with E-state index >= 15 is 0 Å². The van der Waals surface area contributed by atoms with Crippen molar-refractivity contribution in [1.29, 1.82) is 0 Å². The Labute approximate surface area is 178 Å².